The molecule has 2 N–H and O–H groups in total. The number of aromatic nitrogens is 2. The van der Waals surface area contributed by atoms with Gasteiger partial charge in [-0.2, -0.15) is 0 Å². The van der Waals surface area contributed by atoms with Gasteiger partial charge in [-0.1, -0.05) is 25.8 Å². The molecule has 0 saturated heterocycles. The fourth-order valence-electron chi connectivity index (χ4n) is 1.14. The van der Waals surface area contributed by atoms with Gasteiger partial charge in [-0.25, -0.2) is 9.97 Å². The van der Waals surface area contributed by atoms with Crippen molar-refractivity contribution in [1.82, 2.24) is 9.97 Å². The number of anilines is 1. The van der Waals surface area contributed by atoms with E-state index >= 15 is 0 Å². The van der Waals surface area contributed by atoms with Crippen LogP contribution >= 0.6 is 0 Å². The van der Waals surface area contributed by atoms with Crippen molar-refractivity contribution in [2.24, 2.45) is 0 Å². The molecule has 1 heterocycles. The standard InChI is InChI=1S/C11H17N3/c1-2-3-4-5-6-7-11-13-8-10(12)9-14-11/h6-9H,2-5,12H2,1H3. The first-order chi connectivity index (χ1) is 6.83. The maximum Gasteiger partial charge on any atom is 0.151 e. The van der Waals surface area contributed by atoms with Gasteiger partial charge < -0.3 is 5.73 Å². The van der Waals surface area contributed by atoms with Crippen LogP contribution in [0.5, 0.6) is 0 Å². The predicted molar refractivity (Wildman–Crippen MR) is 59.6 cm³/mol. The van der Waals surface area contributed by atoms with E-state index < -0.39 is 0 Å². The Morgan fingerprint density at radius 1 is 1.29 bits per heavy atom. The minimum Gasteiger partial charge on any atom is -0.396 e. The lowest BCUT2D eigenvalue weighted by atomic mass is 10.2. The predicted octanol–water partition coefficient (Wildman–Crippen LogP) is 2.65. The minimum atomic E-state index is 0.605. The summed E-state index contributed by atoms with van der Waals surface area (Å²) in [5.41, 5.74) is 6.08. The van der Waals surface area contributed by atoms with Crippen LogP contribution < -0.4 is 5.73 Å². The number of hydrogen-bond donors (Lipinski definition) is 1. The SMILES string of the molecule is CCCCCC=Cc1ncc(N)cn1. The second-order valence-electron chi connectivity index (χ2n) is 3.27. The van der Waals surface area contributed by atoms with Gasteiger partial charge in [-0.3, -0.25) is 0 Å². The zero-order valence-corrected chi connectivity index (χ0v) is 8.61. The van der Waals surface area contributed by atoms with Gasteiger partial charge in [-0.15, -0.1) is 0 Å². The Kier molecular flexibility index (Phi) is 4.69. The van der Waals surface area contributed by atoms with Crippen molar-refractivity contribution in [2.75, 3.05) is 5.73 Å². The van der Waals surface area contributed by atoms with E-state index in [2.05, 4.69) is 23.0 Å². The van der Waals surface area contributed by atoms with E-state index in [4.69, 9.17) is 5.73 Å². The molecule has 0 amide bonds. The third kappa shape index (κ3) is 4.03. The van der Waals surface area contributed by atoms with Crippen LogP contribution in [0.1, 0.15) is 38.4 Å². The van der Waals surface area contributed by atoms with Crippen molar-refractivity contribution in [3.05, 3.63) is 24.3 Å². The van der Waals surface area contributed by atoms with E-state index in [1.54, 1.807) is 12.4 Å². The third-order valence-electron chi connectivity index (χ3n) is 1.93. The average Bonchev–Trinajstić information content (AvgIpc) is 2.21. The van der Waals surface area contributed by atoms with Crippen LogP contribution in [0.3, 0.4) is 0 Å². The molecule has 0 radical (unpaired) electrons. The molecule has 0 unspecified atom stereocenters. The van der Waals surface area contributed by atoms with Gasteiger partial charge >= 0.3 is 0 Å². The summed E-state index contributed by atoms with van der Waals surface area (Å²) in [6.07, 6.45) is 12.2. The highest BCUT2D eigenvalue weighted by molar-refractivity contribution is 5.42. The fraction of sp³-hybridized carbons (Fsp3) is 0.455. The Morgan fingerprint density at radius 3 is 2.64 bits per heavy atom. The molecule has 3 heteroatoms. The molecule has 0 saturated carbocycles. The largest absolute Gasteiger partial charge is 0.396 e. The van der Waals surface area contributed by atoms with Gasteiger partial charge in [-0.05, 0) is 18.9 Å². The quantitative estimate of drug-likeness (QED) is 0.728. The van der Waals surface area contributed by atoms with E-state index in [0.717, 1.165) is 12.2 Å². The fourth-order valence-corrected chi connectivity index (χ4v) is 1.14. The van der Waals surface area contributed by atoms with Crippen LogP contribution in [0.25, 0.3) is 6.08 Å². The van der Waals surface area contributed by atoms with Gasteiger partial charge in [0.1, 0.15) is 0 Å². The van der Waals surface area contributed by atoms with Crippen LogP contribution in [0.15, 0.2) is 18.5 Å². The first-order valence-corrected chi connectivity index (χ1v) is 5.07. The molecular formula is C11H17N3. The number of nitrogen functional groups attached to an aromatic ring is 1. The van der Waals surface area contributed by atoms with Crippen molar-refractivity contribution in [1.29, 1.82) is 0 Å². The summed E-state index contributed by atoms with van der Waals surface area (Å²) < 4.78 is 0. The van der Waals surface area contributed by atoms with Gasteiger partial charge in [0.2, 0.25) is 0 Å². The van der Waals surface area contributed by atoms with Crippen molar-refractivity contribution >= 4 is 11.8 Å². The van der Waals surface area contributed by atoms with Crippen LogP contribution in [0, 0.1) is 0 Å². The Hall–Kier alpha value is -1.38. The molecule has 0 aliphatic heterocycles. The topological polar surface area (TPSA) is 51.8 Å². The summed E-state index contributed by atoms with van der Waals surface area (Å²) in [5, 5.41) is 0. The van der Waals surface area contributed by atoms with Gasteiger partial charge in [0.25, 0.3) is 0 Å². The van der Waals surface area contributed by atoms with E-state index in [1.807, 2.05) is 6.08 Å². The first kappa shape index (κ1) is 10.7. The van der Waals surface area contributed by atoms with E-state index in [0.29, 0.717) is 5.69 Å². The minimum absolute atomic E-state index is 0.605. The molecule has 14 heavy (non-hydrogen) atoms. The van der Waals surface area contributed by atoms with Gasteiger partial charge in [0.05, 0.1) is 18.1 Å². The zero-order valence-electron chi connectivity index (χ0n) is 8.61. The number of nitrogens with zero attached hydrogens (tertiary/aromatic N) is 2. The summed E-state index contributed by atoms with van der Waals surface area (Å²) in [5.74, 6) is 0.732. The van der Waals surface area contributed by atoms with E-state index in [9.17, 15) is 0 Å². The van der Waals surface area contributed by atoms with Crippen LogP contribution in [0.4, 0.5) is 5.69 Å². The molecule has 1 aromatic rings. The molecule has 1 rings (SSSR count). The van der Waals surface area contributed by atoms with Crippen molar-refractivity contribution in [2.45, 2.75) is 32.6 Å². The van der Waals surface area contributed by atoms with Crippen LogP contribution in [-0.4, -0.2) is 9.97 Å². The van der Waals surface area contributed by atoms with Gasteiger partial charge in [0.15, 0.2) is 5.82 Å². The third-order valence-corrected chi connectivity index (χ3v) is 1.93. The van der Waals surface area contributed by atoms with Gasteiger partial charge in [0, 0.05) is 0 Å². The summed E-state index contributed by atoms with van der Waals surface area (Å²) in [6, 6.07) is 0. The average molecular weight is 191 g/mol. The molecule has 1 aromatic heterocycles. The van der Waals surface area contributed by atoms with Crippen molar-refractivity contribution in [3.63, 3.8) is 0 Å². The Bertz CT molecular complexity index is 277. The lowest BCUT2D eigenvalue weighted by Gasteiger charge is -1.93. The van der Waals surface area contributed by atoms with Crippen LogP contribution in [-0.2, 0) is 0 Å². The van der Waals surface area contributed by atoms with Crippen LogP contribution in [0.2, 0.25) is 0 Å². The highest BCUT2D eigenvalue weighted by Gasteiger charge is 1.89. The summed E-state index contributed by atoms with van der Waals surface area (Å²) in [7, 11) is 0. The zero-order chi connectivity index (χ0) is 10.2. The molecule has 0 bridgehead atoms. The molecule has 0 aliphatic carbocycles. The van der Waals surface area contributed by atoms with E-state index in [-0.39, 0.29) is 0 Å². The number of unbranched alkanes of at least 4 members (excludes halogenated alkanes) is 3. The normalized spacial score (nSPS) is 10.9. The number of allylic oxidation sites excluding steroid dienone is 1. The van der Waals surface area contributed by atoms with Crippen molar-refractivity contribution in [3.8, 4) is 0 Å². The summed E-state index contributed by atoms with van der Waals surface area (Å²) >= 11 is 0. The highest BCUT2D eigenvalue weighted by atomic mass is 14.9. The molecule has 0 aliphatic rings. The lowest BCUT2D eigenvalue weighted by molar-refractivity contribution is 0.730. The number of nitrogens with two attached hydrogens (primary N) is 1. The molecular weight excluding hydrogens is 174 g/mol. The smallest absolute Gasteiger partial charge is 0.151 e. The molecule has 3 nitrogen and oxygen atoms in total. The van der Waals surface area contributed by atoms with E-state index in [1.165, 1.54) is 19.3 Å². The monoisotopic (exact) mass is 191 g/mol. The molecule has 0 aromatic carbocycles. The second-order valence-corrected chi connectivity index (χ2v) is 3.27. The maximum absolute atomic E-state index is 5.47. The first-order valence-electron chi connectivity index (χ1n) is 5.07. The Labute approximate surface area is 85.1 Å². The molecule has 0 fully saturated rings. The second kappa shape index (κ2) is 6.13. The Balaban J connectivity index is 2.33. The Morgan fingerprint density at radius 2 is 2.00 bits per heavy atom. The number of hydrogen-bond acceptors (Lipinski definition) is 3. The highest BCUT2D eigenvalue weighted by Crippen LogP contribution is 2.03. The lowest BCUT2D eigenvalue weighted by Crippen LogP contribution is -1.90. The maximum atomic E-state index is 5.47. The molecule has 0 spiro atoms. The molecule has 76 valence electrons. The number of rotatable bonds is 5. The summed E-state index contributed by atoms with van der Waals surface area (Å²) in [4.78, 5) is 8.15. The molecule has 0 atom stereocenters. The summed E-state index contributed by atoms with van der Waals surface area (Å²) in [6.45, 7) is 2.20. The van der Waals surface area contributed by atoms with Crippen molar-refractivity contribution < 1.29 is 0 Å².